The highest BCUT2D eigenvalue weighted by molar-refractivity contribution is 7.91. The van der Waals surface area contributed by atoms with Crippen molar-refractivity contribution in [3.05, 3.63) is 34.4 Å². The maximum Gasteiger partial charge on any atom is 0.211 e. The van der Waals surface area contributed by atoms with Gasteiger partial charge in [-0.25, -0.2) is 8.42 Å². The molecule has 0 bridgehead atoms. The lowest BCUT2D eigenvalue weighted by Gasteiger charge is -2.04. The summed E-state index contributed by atoms with van der Waals surface area (Å²) >= 11 is 11.5. The number of rotatable bonds is 2. The van der Waals surface area contributed by atoms with Gasteiger partial charge >= 0.3 is 0 Å². The first kappa shape index (κ1) is 12.2. The molecule has 1 aromatic heterocycles. The quantitative estimate of drug-likeness (QED) is 0.887. The Morgan fingerprint density at radius 1 is 1.24 bits per heavy atom. The Hall–Kier alpha value is -1.24. The van der Waals surface area contributed by atoms with Gasteiger partial charge in [0, 0.05) is 0 Å². The van der Waals surface area contributed by atoms with Gasteiger partial charge in [0.15, 0.2) is 0 Å². The van der Waals surface area contributed by atoms with Crippen molar-refractivity contribution in [2.24, 2.45) is 0 Å². The van der Waals surface area contributed by atoms with E-state index in [0.29, 0.717) is 0 Å². The summed E-state index contributed by atoms with van der Waals surface area (Å²) in [6, 6.07) is 4.04. The molecule has 0 amide bonds. The third kappa shape index (κ3) is 2.11. The van der Waals surface area contributed by atoms with Crippen LogP contribution in [0.5, 0.6) is 0 Å². The number of anilines is 1. The average Bonchev–Trinajstić information content (AvgIpc) is 2.69. The van der Waals surface area contributed by atoms with Crippen LogP contribution in [0.1, 0.15) is 0 Å². The number of nitrogens with zero attached hydrogens (tertiary/aromatic N) is 1. The van der Waals surface area contributed by atoms with Gasteiger partial charge in [-0.1, -0.05) is 23.2 Å². The molecular weight excluding hydrogens is 285 g/mol. The number of sulfone groups is 1. The summed E-state index contributed by atoms with van der Waals surface area (Å²) in [5.41, 5.74) is 5.48. The van der Waals surface area contributed by atoms with Gasteiger partial charge in [0.2, 0.25) is 9.84 Å². The van der Waals surface area contributed by atoms with Crippen LogP contribution >= 0.6 is 23.2 Å². The smallest absolute Gasteiger partial charge is 0.211 e. The van der Waals surface area contributed by atoms with Crippen molar-refractivity contribution in [1.29, 1.82) is 0 Å². The summed E-state index contributed by atoms with van der Waals surface area (Å²) < 4.78 is 24.3. The van der Waals surface area contributed by atoms with Gasteiger partial charge in [0.05, 0.1) is 21.1 Å². The Labute approximate surface area is 107 Å². The lowest BCUT2D eigenvalue weighted by Crippen LogP contribution is -2.04. The highest BCUT2D eigenvalue weighted by atomic mass is 35.5. The lowest BCUT2D eigenvalue weighted by molar-refractivity contribution is 0.596. The third-order valence-corrected chi connectivity index (χ3v) is 4.64. The molecule has 0 aliphatic rings. The van der Waals surface area contributed by atoms with E-state index in [2.05, 4.69) is 10.2 Å². The summed E-state index contributed by atoms with van der Waals surface area (Å²) in [7, 11) is -3.73. The van der Waals surface area contributed by atoms with Gasteiger partial charge in [0.25, 0.3) is 0 Å². The zero-order chi connectivity index (χ0) is 12.6. The van der Waals surface area contributed by atoms with Crippen molar-refractivity contribution >= 4 is 38.9 Å². The molecule has 5 nitrogen and oxygen atoms in total. The molecular formula is C9H7Cl2N3O2S. The van der Waals surface area contributed by atoms with Gasteiger partial charge in [-0.2, -0.15) is 5.10 Å². The van der Waals surface area contributed by atoms with Crippen LogP contribution in [0, 0.1) is 0 Å². The number of aromatic amines is 1. The molecule has 8 heteroatoms. The average molecular weight is 292 g/mol. The van der Waals surface area contributed by atoms with E-state index in [1.165, 1.54) is 18.2 Å². The summed E-state index contributed by atoms with van der Waals surface area (Å²) in [6.45, 7) is 0. The minimum absolute atomic E-state index is 0.0139. The number of halogens is 2. The zero-order valence-electron chi connectivity index (χ0n) is 8.31. The maximum absolute atomic E-state index is 12.1. The van der Waals surface area contributed by atoms with E-state index in [1.54, 1.807) is 0 Å². The van der Waals surface area contributed by atoms with Crippen LogP contribution in [0.4, 0.5) is 5.82 Å². The van der Waals surface area contributed by atoms with Gasteiger partial charge < -0.3 is 5.73 Å². The van der Waals surface area contributed by atoms with Crippen molar-refractivity contribution in [2.45, 2.75) is 9.79 Å². The minimum Gasteiger partial charge on any atom is -0.383 e. The third-order valence-electron chi connectivity index (χ3n) is 2.12. The fourth-order valence-electron chi connectivity index (χ4n) is 1.27. The molecule has 0 fully saturated rings. The molecule has 1 heterocycles. The monoisotopic (exact) mass is 291 g/mol. The van der Waals surface area contributed by atoms with Crippen LogP contribution in [0.15, 0.2) is 34.2 Å². The molecule has 0 spiro atoms. The Kier molecular flexibility index (Phi) is 3.03. The molecule has 3 N–H and O–H groups in total. The number of hydrogen-bond acceptors (Lipinski definition) is 4. The van der Waals surface area contributed by atoms with Gasteiger partial charge in [-0.15, -0.1) is 0 Å². The van der Waals surface area contributed by atoms with Crippen molar-refractivity contribution in [3.8, 4) is 0 Å². The van der Waals surface area contributed by atoms with E-state index in [1.807, 2.05) is 0 Å². The molecule has 0 saturated heterocycles. The first-order valence-corrected chi connectivity index (χ1v) is 6.66. The molecule has 0 aliphatic carbocycles. The summed E-state index contributed by atoms with van der Waals surface area (Å²) in [4.78, 5) is -0.0733. The molecule has 2 aromatic rings. The fraction of sp³-hybridized carbons (Fsp3) is 0. The topological polar surface area (TPSA) is 88.8 Å². The minimum atomic E-state index is -3.73. The zero-order valence-corrected chi connectivity index (χ0v) is 10.6. The summed E-state index contributed by atoms with van der Waals surface area (Å²) in [6.07, 6.45) is 1.15. The van der Waals surface area contributed by atoms with Crippen molar-refractivity contribution in [2.75, 3.05) is 5.73 Å². The van der Waals surface area contributed by atoms with Crippen molar-refractivity contribution < 1.29 is 8.42 Å². The van der Waals surface area contributed by atoms with E-state index in [9.17, 15) is 8.42 Å². The highest BCUT2D eigenvalue weighted by Gasteiger charge is 2.22. The van der Waals surface area contributed by atoms with Gasteiger partial charge in [-0.05, 0) is 18.2 Å². The van der Waals surface area contributed by atoms with E-state index in [-0.39, 0.29) is 25.7 Å². The molecule has 1 aromatic carbocycles. The van der Waals surface area contributed by atoms with E-state index in [0.717, 1.165) is 6.20 Å². The molecule has 90 valence electrons. The molecule has 0 saturated carbocycles. The van der Waals surface area contributed by atoms with Crippen LogP contribution in [0.3, 0.4) is 0 Å². The normalized spacial score (nSPS) is 11.6. The van der Waals surface area contributed by atoms with E-state index in [4.69, 9.17) is 28.9 Å². The number of aromatic nitrogens is 2. The lowest BCUT2D eigenvalue weighted by atomic mass is 10.4. The fourth-order valence-corrected chi connectivity index (χ4v) is 2.93. The van der Waals surface area contributed by atoms with Crippen LogP contribution in [-0.4, -0.2) is 18.6 Å². The number of nitrogen functional groups attached to an aromatic ring is 1. The highest BCUT2D eigenvalue weighted by Crippen LogP contribution is 2.29. The summed E-state index contributed by atoms with van der Waals surface area (Å²) in [5, 5.41) is 6.37. The number of nitrogens with one attached hydrogen (secondary N) is 1. The predicted molar refractivity (Wildman–Crippen MR) is 64.9 cm³/mol. The second-order valence-electron chi connectivity index (χ2n) is 3.23. The largest absolute Gasteiger partial charge is 0.383 e. The van der Waals surface area contributed by atoms with E-state index < -0.39 is 9.84 Å². The number of nitrogens with two attached hydrogens (primary N) is 1. The summed E-state index contributed by atoms with van der Waals surface area (Å²) in [5.74, 6) is -0.0175. The van der Waals surface area contributed by atoms with Crippen LogP contribution in [-0.2, 0) is 9.84 Å². The first-order valence-electron chi connectivity index (χ1n) is 4.42. The van der Waals surface area contributed by atoms with E-state index >= 15 is 0 Å². The number of H-pyrrole nitrogens is 1. The Balaban J connectivity index is 2.60. The molecule has 0 aliphatic heterocycles. The van der Waals surface area contributed by atoms with Crippen molar-refractivity contribution in [3.63, 3.8) is 0 Å². The second kappa shape index (κ2) is 4.21. The molecule has 2 rings (SSSR count). The van der Waals surface area contributed by atoms with Crippen LogP contribution in [0.2, 0.25) is 10.0 Å². The van der Waals surface area contributed by atoms with Gasteiger partial charge in [0.1, 0.15) is 10.7 Å². The predicted octanol–water partition coefficient (Wildman–Crippen LogP) is 2.13. The van der Waals surface area contributed by atoms with Crippen LogP contribution in [0.25, 0.3) is 0 Å². The Morgan fingerprint density at radius 3 is 2.47 bits per heavy atom. The second-order valence-corrected chi connectivity index (χ2v) is 5.96. The SMILES string of the molecule is Nc1[nH]ncc1S(=O)(=O)c1ccc(Cl)c(Cl)c1. The standard InChI is InChI=1S/C9H7Cl2N3O2S/c10-6-2-1-5(3-7(6)11)17(15,16)8-4-13-14-9(8)12/h1-4H,(H3,12,13,14). The Morgan fingerprint density at radius 2 is 1.94 bits per heavy atom. The maximum atomic E-state index is 12.1. The Bertz CT molecular complexity index is 667. The molecule has 0 atom stereocenters. The first-order chi connectivity index (χ1) is 7.93. The molecule has 17 heavy (non-hydrogen) atoms. The molecule has 0 radical (unpaired) electrons. The molecule has 0 unspecified atom stereocenters. The van der Waals surface area contributed by atoms with Crippen molar-refractivity contribution in [1.82, 2.24) is 10.2 Å². The number of hydrogen-bond donors (Lipinski definition) is 2. The van der Waals surface area contributed by atoms with Gasteiger partial charge in [-0.3, -0.25) is 5.10 Å². The number of benzene rings is 1. The van der Waals surface area contributed by atoms with Crippen LogP contribution < -0.4 is 5.73 Å².